The van der Waals surface area contributed by atoms with Gasteiger partial charge in [-0.3, -0.25) is 4.79 Å². The second-order valence-electron chi connectivity index (χ2n) is 7.95. The molecule has 0 aromatic heterocycles. The number of rotatable bonds is 4. The molecule has 2 aliphatic rings. The minimum atomic E-state index is -0.376. The van der Waals surface area contributed by atoms with Gasteiger partial charge in [0.25, 0.3) is 0 Å². The predicted molar refractivity (Wildman–Crippen MR) is 83.0 cm³/mol. The van der Waals surface area contributed by atoms with Crippen LogP contribution in [-0.2, 0) is 9.53 Å². The molecule has 1 aliphatic heterocycles. The van der Waals surface area contributed by atoms with E-state index in [0.717, 1.165) is 32.1 Å². The highest BCUT2D eigenvalue weighted by Crippen LogP contribution is 2.45. The summed E-state index contributed by atoms with van der Waals surface area (Å²) < 4.78 is 5.84. The fourth-order valence-electron chi connectivity index (χ4n) is 4.22. The molecule has 1 unspecified atom stereocenters. The lowest BCUT2D eigenvalue weighted by Gasteiger charge is -2.45. The van der Waals surface area contributed by atoms with Gasteiger partial charge in [0, 0.05) is 18.5 Å². The maximum atomic E-state index is 13.2. The zero-order valence-corrected chi connectivity index (χ0v) is 14.0. The number of aliphatic hydroxyl groups is 1. The number of nitrogens with zero attached hydrogens (tertiary/aromatic N) is 1. The Hall–Kier alpha value is -0.610. The van der Waals surface area contributed by atoms with Crippen molar-refractivity contribution in [2.45, 2.75) is 71.5 Å². The van der Waals surface area contributed by atoms with Gasteiger partial charge in [-0.05, 0) is 39.0 Å². The Labute approximate surface area is 128 Å². The van der Waals surface area contributed by atoms with E-state index in [1.807, 2.05) is 18.7 Å². The molecule has 122 valence electrons. The van der Waals surface area contributed by atoms with Crippen LogP contribution in [0.25, 0.3) is 0 Å². The van der Waals surface area contributed by atoms with E-state index in [2.05, 4.69) is 13.8 Å². The molecule has 1 saturated heterocycles. The monoisotopic (exact) mass is 297 g/mol. The molecule has 4 nitrogen and oxygen atoms in total. The second kappa shape index (κ2) is 6.25. The number of ether oxygens (including phenoxy) is 1. The molecule has 0 radical (unpaired) electrons. The first-order chi connectivity index (χ1) is 9.78. The Morgan fingerprint density at radius 1 is 1.33 bits per heavy atom. The smallest absolute Gasteiger partial charge is 0.228 e. The standard InChI is InChI=1S/C17H31NO3/c1-13(2)9-17(7-5-6-8-17)15(20)18-10-14(11-19)21-16(3,4)12-18/h13-14,19H,5-12H2,1-4H3. The Kier molecular flexibility index (Phi) is 4.99. The van der Waals surface area contributed by atoms with Crippen LogP contribution in [0.4, 0.5) is 0 Å². The van der Waals surface area contributed by atoms with Crippen LogP contribution in [0.3, 0.4) is 0 Å². The molecule has 0 bridgehead atoms. The quantitative estimate of drug-likeness (QED) is 0.867. The van der Waals surface area contributed by atoms with Gasteiger partial charge >= 0.3 is 0 Å². The Balaban J connectivity index is 2.16. The van der Waals surface area contributed by atoms with E-state index in [-0.39, 0.29) is 23.7 Å². The maximum Gasteiger partial charge on any atom is 0.228 e. The molecule has 2 fully saturated rings. The fraction of sp³-hybridized carbons (Fsp3) is 0.941. The largest absolute Gasteiger partial charge is 0.394 e. The van der Waals surface area contributed by atoms with Gasteiger partial charge in [-0.25, -0.2) is 0 Å². The van der Waals surface area contributed by atoms with Crippen molar-refractivity contribution in [2.75, 3.05) is 19.7 Å². The maximum absolute atomic E-state index is 13.2. The highest BCUT2D eigenvalue weighted by molar-refractivity contribution is 5.83. The van der Waals surface area contributed by atoms with Crippen molar-refractivity contribution >= 4 is 5.91 Å². The van der Waals surface area contributed by atoms with Crippen LogP contribution in [0.5, 0.6) is 0 Å². The predicted octanol–water partition coefficient (Wildman–Crippen LogP) is 2.59. The first kappa shape index (κ1) is 16.8. The molecule has 21 heavy (non-hydrogen) atoms. The third kappa shape index (κ3) is 3.78. The Morgan fingerprint density at radius 3 is 2.48 bits per heavy atom. The van der Waals surface area contributed by atoms with Crippen LogP contribution in [0.1, 0.15) is 59.8 Å². The van der Waals surface area contributed by atoms with Gasteiger partial charge in [-0.15, -0.1) is 0 Å². The molecule has 0 aromatic rings. The van der Waals surface area contributed by atoms with Crippen LogP contribution in [0.15, 0.2) is 0 Å². The van der Waals surface area contributed by atoms with Crippen molar-refractivity contribution in [2.24, 2.45) is 11.3 Å². The third-order valence-electron chi connectivity index (χ3n) is 4.79. The summed E-state index contributed by atoms with van der Waals surface area (Å²) >= 11 is 0. The van der Waals surface area contributed by atoms with Crippen molar-refractivity contribution in [3.8, 4) is 0 Å². The number of hydrogen-bond donors (Lipinski definition) is 1. The Bertz CT molecular complexity index is 372. The number of carbonyl (C=O) groups is 1. The van der Waals surface area contributed by atoms with E-state index >= 15 is 0 Å². The van der Waals surface area contributed by atoms with E-state index in [4.69, 9.17) is 4.74 Å². The van der Waals surface area contributed by atoms with Gasteiger partial charge in [-0.1, -0.05) is 26.7 Å². The zero-order chi connectivity index (χ0) is 15.7. The average Bonchev–Trinajstić information content (AvgIpc) is 2.84. The van der Waals surface area contributed by atoms with Crippen molar-refractivity contribution in [1.82, 2.24) is 4.90 Å². The molecule has 4 heteroatoms. The number of amides is 1. The molecule has 1 N–H and O–H groups in total. The number of aliphatic hydroxyl groups excluding tert-OH is 1. The topological polar surface area (TPSA) is 49.8 Å². The summed E-state index contributed by atoms with van der Waals surface area (Å²) in [5.74, 6) is 0.832. The molecule has 1 aliphatic carbocycles. The van der Waals surface area contributed by atoms with E-state index < -0.39 is 0 Å². The van der Waals surface area contributed by atoms with Crippen LogP contribution >= 0.6 is 0 Å². The molecule has 1 atom stereocenters. The third-order valence-corrected chi connectivity index (χ3v) is 4.79. The number of carbonyl (C=O) groups excluding carboxylic acids is 1. The molecule has 1 heterocycles. The molecule has 0 spiro atoms. The van der Waals surface area contributed by atoms with Gasteiger partial charge in [0.05, 0.1) is 18.3 Å². The summed E-state index contributed by atoms with van der Waals surface area (Å²) in [7, 11) is 0. The highest BCUT2D eigenvalue weighted by atomic mass is 16.5. The first-order valence-corrected chi connectivity index (χ1v) is 8.36. The first-order valence-electron chi connectivity index (χ1n) is 8.36. The minimum absolute atomic E-state index is 0.0234. The van der Waals surface area contributed by atoms with E-state index in [1.165, 1.54) is 0 Å². The normalized spacial score (nSPS) is 28.1. The van der Waals surface area contributed by atoms with E-state index in [0.29, 0.717) is 24.9 Å². The molecule has 1 amide bonds. The van der Waals surface area contributed by atoms with Crippen molar-refractivity contribution in [3.63, 3.8) is 0 Å². The second-order valence-corrected chi connectivity index (χ2v) is 7.95. The summed E-state index contributed by atoms with van der Waals surface area (Å²) in [4.78, 5) is 15.2. The van der Waals surface area contributed by atoms with Gasteiger partial charge in [0.1, 0.15) is 0 Å². The zero-order valence-electron chi connectivity index (χ0n) is 14.0. The van der Waals surface area contributed by atoms with Crippen LogP contribution in [0.2, 0.25) is 0 Å². The molecular formula is C17H31NO3. The average molecular weight is 297 g/mol. The summed E-state index contributed by atoms with van der Waals surface area (Å²) in [5.41, 5.74) is -0.541. The van der Waals surface area contributed by atoms with Gasteiger partial charge in [0.2, 0.25) is 5.91 Å². The SMILES string of the molecule is CC(C)CC1(C(=O)N2CC(CO)OC(C)(C)C2)CCCC1. The van der Waals surface area contributed by atoms with E-state index in [9.17, 15) is 9.90 Å². The summed E-state index contributed by atoms with van der Waals surface area (Å²) in [6, 6.07) is 0. The molecule has 0 aromatic carbocycles. The van der Waals surface area contributed by atoms with Gasteiger partial charge in [-0.2, -0.15) is 0 Å². The fourth-order valence-corrected chi connectivity index (χ4v) is 4.22. The van der Waals surface area contributed by atoms with Crippen LogP contribution < -0.4 is 0 Å². The summed E-state index contributed by atoms with van der Waals surface area (Å²) in [5, 5.41) is 9.43. The number of hydrogen-bond acceptors (Lipinski definition) is 3. The highest BCUT2D eigenvalue weighted by Gasteiger charge is 2.46. The van der Waals surface area contributed by atoms with Crippen LogP contribution in [0, 0.1) is 11.3 Å². The van der Waals surface area contributed by atoms with Gasteiger partial charge < -0.3 is 14.7 Å². The lowest BCUT2D eigenvalue weighted by molar-refractivity contribution is -0.175. The summed E-state index contributed by atoms with van der Waals surface area (Å²) in [6.07, 6.45) is 5.09. The van der Waals surface area contributed by atoms with Crippen molar-refractivity contribution in [3.05, 3.63) is 0 Å². The lowest BCUT2D eigenvalue weighted by atomic mass is 9.77. The molecule has 1 saturated carbocycles. The number of morpholine rings is 1. The van der Waals surface area contributed by atoms with Crippen LogP contribution in [-0.4, -0.2) is 47.3 Å². The van der Waals surface area contributed by atoms with Crippen molar-refractivity contribution < 1.29 is 14.6 Å². The molecular weight excluding hydrogens is 266 g/mol. The van der Waals surface area contributed by atoms with E-state index in [1.54, 1.807) is 0 Å². The lowest BCUT2D eigenvalue weighted by Crippen LogP contribution is -2.58. The minimum Gasteiger partial charge on any atom is -0.394 e. The molecule has 2 rings (SSSR count). The summed E-state index contributed by atoms with van der Waals surface area (Å²) in [6.45, 7) is 9.53. The Morgan fingerprint density at radius 2 is 1.95 bits per heavy atom. The van der Waals surface area contributed by atoms with Gasteiger partial charge in [0.15, 0.2) is 0 Å². The van der Waals surface area contributed by atoms with Crippen molar-refractivity contribution in [1.29, 1.82) is 0 Å².